The van der Waals surface area contributed by atoms with Gasteiger partial charge in [-0.05, 0) is 43.3 Å². The van der Waals surface area contributed by atoms with Crippen molar-refractivity contribution < 1.29 is 9.18 Å². The highest BCUT2D eigenvalue weighted by Gasteiger charge is 2.21. The van der Waals surface area contributed by atoms with Gasteiger partial charge >= 0.3 is 0 Å². The molecule has 1 heterocycles. The van der Waals surface area contributed by atoms with Crippen LogP contribution in [0.4, 0.5) is 10.1 Å². The number of rotatable bonds is 7. The van der Waals surface area contributed by atoms with Gasteiger partial charge in [-0.3, -0.25) is 9.36 Å². The summed E-state index contributed by atoms with van der Waals surface area (Å²) in [6.45, 7) is 6.00. The lowest BCUT2D eigenvalue weighted by Gasteiger charge is -2.13. The van der Waals surface area contributed by atoms with Gasteiger partial charge in [0.25, 0.3) is 0 Å². The number of halogens is 2. The highest BCUT2D eigenvalue weighted by Crippen LogP contribution is 2.28. The molecule has 0 saturated carbocycles. The van der Waals surface area contributed by atoms with Crippen LogP contribution in [0.1, 0.15) is 6.92 Å². The quantitative estimate of drug-likeness (QED) is 0.433. The summed E-state index contributed by atoms with van der Waals surface area (Å²) in [6, 6.07) is 13.1. The summed E-state index contributed by atoms with van der Waals surface area (Å²) in [5, 5.41) is 11.8. The fraction of sp³-hybridized carbons (Fsp3) is 0.150. The summed E-state index contributed by atoms with van der Waals surface area (Å²) >= 11 is 7.37. The molecule has 0 aliphatic carbocycles. The van der Waals surface area contributed by atoms with Crippen LogP contribution in [0.15, 0.2) is 66.3 Å². The summed E-state index contributed by atoms with van der Waals surface area (Å²) in [7, 11) is 0. The van der Waals surface area contributed by atoms with Crippen molar-refractivity contribution in [1.82, 2.24) is 14.8 Å². The number of nitrogens with zero attached hydrogens (tertiary/aromatic N) is 3. The molecule has 28 heavy (non-hydrogen) atoms. The van der Waals surface area contributed by atoms with E-state index in [-0.39, 0.29) is 11.7 Å². The fourth-order valence-corrected chi connectivity index (χ4v) is 3.53. The maximum absolute atomic E-state index is 13.2. The molecule has 0 bridgehead atoms. The van der Waals surface area contributed by atoms with Gasteiger partial charge < -0.3 is 5.32 Å². The van der Waals surface area contributed by atoms with Crippen molar-refractivity contribution in [1.29, 1.82) is 0 Å². The van der Waals surface area contributed by atoms with Crippen LogP contribution in [0.3, 0.4) is 0 Å². The zero-order chi connectivity index (χ0) is 20.1. The zero-order valence-electron chi connectivity index (χ0n) is 15.1. The summed E-state index contributed by atoms with van der Waals surface area (Å²) in [4.78, 5) is 12.5. The molecule has 2 aromatic carbocycles. The first-order valence-electron chi connectivity index (χ1n) is 8.51. The van der Waals surface area contributed by atoms with Gasteiger partial charge in [0.2, 0.25) is 5.91 Å². The van der Waals surface area contributed by atoms with Gasteiger partial charge in [0, 0.05) is 12.1 Å². The van der Waals surface area contributed by atoms with E-state index in [0.717, 1.165) is 5.56 Å². The summed E-state index contributed by atoms with van der Waals surface area (Å²) in [5.74, 6) is 0.0636. The standard InChI is InChI=1S/C20H18ClFN4OS/c1-3-12-26-18(14-8-10-15(22)11-9-14)24-25-20(26)28-13(2)19(27)23-17-7-5-4-6-16(17)21/h3-11,13H,1,12H2,2H3,(H,23,27)/t13-/m0/s1. The lowest BCUT2D eigenvalue weighted by Crippen LogP contribution is -2.23. The molecule has 1 atom stereocenters. The fourth-order valence-electron chi connectivity index (χ4n) is 2.49. The van der Waals surface area contributed by atoms with Crippen LogP contribution in [-0.4, -0.2) is 25.9 Å². The molecule has 5 nitrogen and oxygen atoms in total. The van der Waals surface area contributed by atoms with Crippen LogP contribution in [0.25, 0.3) is 11.4 Å². The Balaban J connectivity index is 1.79. The van der Waals surface area contributed by atoms with Gasteiger partial charge in [-0.25, -0.2) is 4.39 Å². The molecule has 8 heteroatoms. The first kappa shape index (κ1) is 20.1. The Hall–Kier alpha value is -2.64. The zero-order valence-corrected chi connectivity index (χ0v) is 16.7. The van der Waals surface area contributed by atoms with E-state index >= 15 is 0 Å². The van der Waals surface area contributed by atoms with E-state index < -0.39 is 5.25 Å². The second kappa shape index (κ2) is 9.03. The minimum Gasteiger partial charge on any atom is -0.324 e. The average molecular weight is 417 g/mol. The molecular formula is C20H18ClFN4OS. The van der Waals surface area contributed by atoms with Crippen LogP contribution in [0.5, 0.6) is 0 Å². The molecule has 1 aromatic heterocycles. The molecule has 0 radical (unpaired) electrons. The second-order valence-electron chi connectivity index (χ2n) is 5.94. The van der Waals surface area contributed by atoms with E-state index in [1.807, 2.05) is 4.57 Å². The number of amides is 1. The minimum atomic E-state index is -0.440. The number of thioether (sulfide) groups is 1. The molecule has 0 aliphatic rings. The van der Waals surface area contributed by atoms with Crippen LogP contribution < -0.4 is 5.32 Å². The van der Waals surface area contributed by atoms with E-state index in [0.29, 0.717) is 28.2 Å². The van der Waals surface area contributed by atoms with E-state index in [4.69, 9.17) is 11.6 Å². The summed E-state index contributed by atoms with van der Waals surface area (Å²) < 4.78 is 15.0. The monoisotopic (exact) mass is 416 g/mol. The molecule has 0 spiro atoms. The Kier molecular flexibility index (Phi) is 6.49. The molecule has 1 N–H and O–H groups in total. The normalized spacial score (nSPS) is 11.8. The number of carbonyl (C=O) groups excluding carboxylic acids is 1. The van der Waals surface area contributed by atoms with Gasteiger partial charge in [-0.15, -0.1) is 16.8 Å². The highest BCUT2D eigenvalue weighted by atomic mass is 35.5. The average Bonchev–Trinajstić information content (AvgIpc) is 3.07. The number of hydrogen-bond donors (Lipinski definition) is 1. The Morgan fingerprint density at radius 1 is 1.29 bits per heavy atom. The molecule has 0 aliphatic heterocycles. The first-order chi connectivity index (χ1) is 13.5. The van der Waals surface area contributed by atoms with Crippen molar-refractivity contribution >= 4 is 35.0 Å². The predicted molar refractivity (Wildman–Crippen MR) is 111 cm³/mol. The van der Waals surface area contributed by atoms with Crippen molar-refractivity contribution in [3.05, 3.63) is 72.0 Å². The third-order valence-electron chi connectivity index (χ3n) is 3.91. The molecule has 0 unspecified atom stereocenters. The number of hydrogen-bond acceptors (Lipinski definition) is 4. The number of para-hydroxylation sites is 1. The Labute approximate surface area is 171 Å². The van der Waals surface area contributed by atoms with Crippen LogP contribution in [0, 0.1) is 5.82 Å². The molecule has 3 rings (SSSR count). The smallest absolute Gasteiger partial charge is 0.237 e. The van der Waals surface area contributed by atoms with E-state index in [9.17, 15) is 9.18 Å². The number of allylic oxidation sites excluding steroid dienone is 1. The molecule has 144 valence electrons. The SMILES string of the molecule is C=CCn1c(S[C@@H](C)C(=O)Nc2ccccc2Cl)nnc1-c1ccc(F)cc1. The minimum absolute atomic E-state index is 0.199. The third-order valence-corrected chi connectivity index (χ3v) is 5.32. The largest absolute Gasteiger partial charge is 0.324 e. The molecule has 1 amide bonds. The van der Waals surface area contributed by atoms with E-state index in [1.165, 1.54) is 23.9 Å². The molecular weight excluding hydrogens is 399 g/mol. The second-order valence-corrected chi connectivity index (χ2v) is 7.66. The first-order valence-corrected chi connectivity index (χ1v) is 9.77. The Bertz CT molecular complexity index is 990. The number of benzene rings is 2. The lowest BCUT2D eigenvalue weighted by molar-refractivity contribution is -0.115. The van der Waals surface area contributed by atoms with E-state index in [1.54, 1.807) is 49.4 Å². The molecule has 3 aromatic rings. The highest BCUT2D eigenvalue weighted by molar-refractivity contribution is 8.00. The van der Waals surface area contributed by atoms with Gasteiger partial charge in [0.1, 0.15) is 5.82 Å². The number of nitrogens with one attached hydrogen (secondary N) is 1. The van der Waals surface area contributed by atoms with Crippen LogP contribution in [-0.2, 0) is 11.3 Å². The van der Waals surface area contributed by atoms with Gasteiger partial charge in [0.15, 0.2) is 11.0 Å². The number of aromatic nitrogens is 3. The van der Waals surface area contributed by atoms with Crippen molar-refractivity contribution in [2.24, 2.45) is 0 Å². The lowest BCUT2D eigenvalue weighted by atomic mass is 10.2. The van der Waals surface area contributed by atoms with Gasteiger partial charge in [-0.1, -0.05) is 41.6 Å². The maximum atomic E-state index is 13.2. The third kappa shape index (κ3) is 4.61. The number of anilines is 1. The number of carbonyl (C=O) groups is 1. The van der Waals surface area contributed by atoms with Crippen LogP contribution in [0.2, 0.25) is 5.02 Å². The Morgan fingerprint density at radius 3 is 2.68 bits per heavy atom. The molecule has 0 fully saturated rings. The van der Waals surface area contributed by atoms with Crippen molar-refractivity contribution in [3.8, 4) is 11.4 Å². The van der Waals surface area contributed by atoms with E-state index in [2.05, 4.69) is 22.1 Å². The van der Waals surface area contributed by atoms with Crippen LogP contribution >= 0.6 is 23.4 Å². The van der Waals surface area contributed by atoms with Crippen molar-refractivity contribution in [3.63, 3.8) is 0 Å². The van der Waals surface area contributed by atoms with Gasteiger partial charge in [0.05, 0.1) is 16.0 Å². The van der Waals surface area contributed by atoms with Crippen molar-refractivity contribution in [2.45, 2.75) is 23.9 Å². The summed E-state index contributed by atoms with van der Waals surface area (Å²) in [6.07, 6.45) is 1.72. The topological polar surface area (TPSA) is 59.8 Å². The summed E-state index contributed by atoms with van der Waals surface area (Å²) in [5.41, 5.74) is 1.29. The van der Waals surface area contributed by atoms with Gasteiger partial charge in [-0.2, -0.15) is 0 Å². The Morgan fingerprint density at radius 2 is 2.00 bits per heavy atom. The predicted octanol–water partition coefficient (Wildman–Crippen LogP) is 5.04. The van der Waals surface area contributed by atoms with Crippen molar-refractivity contribution in [2.75, 3.05) is 5.32 Å². The molecule has 0 saturated heterocycles. The maximum Gasteiger partial charge on any atom is 0.237 e.